The highest BCUT2D eigenvalue weighted by molar-refractivity contribution is 7.80. The van der Waals surface area contributed by atoms with E-state index < -0.39 is 11.9 Å². The first-order valence-electron chi connectivity index (χ1n) is 8.18. The predicted molar refractivity (Wildman–Crippen MR) is 98.1 cm³/mol. The zero-order valence-corrected chi connectivity index (χ0v) is 14.6. The standard InChI is InChI=1S/C17H18F3N5S/c18-17(19,20)14-4-1-5-15(24-14)25-9-6-12(7-10-25)22-16(26)23-13-3-2-8-21-11-13/h1-5,8,11-12H,6-7,9-10H2,(H2,22,23,26). The van der Waals surface area contributed by atoms with Gasteiger partial charge in [-0.3, -0.25) is 4.98 Å². The number of nitrogens with one attached hydrogen (secondary N) is 2. The number of hydrogen-bond acceptors (Lipinski definition) is 4. The van der Waals surface area contributed by atoms with Gasteiger partial charge in [-0.25, -0.2) is 4.98 Å². The Bertz CT molecular complexity index is 746. The Morgan fingerprint density at radius 2 is 1.92 bits per heavy atom. The molecule has 0 aliphatic carbocycles. The first-order chi connectivity index (χ1) is 12.4. The molecule has 0 bridgehead atoms. The SMILES string of the molecule is FC(F)(F)c1cccc(N2CCC(NC(=S)Nc3cccnc3)CC2)n1. The Morgan fingerprint density at radius 1 is 1.15 bits per heavy atom. The van der Waals surface area contributed by atoms with Crippen LogP contribution in [0.1, 0.15) is 18.5 Å². The van der Waals surface area contributed by atoms with Crippen molar-refractivity contribution in [3.05, 3.63) is 48.4 Å². The lowest BCUT2D eigenvalue weighted by molar-refractivity contribution is -0.141. The molecule has 1 aliphatic rings. The third-order valence-electron chi connectivity index (χ3n) is 4.10. The van der Waals surface area contributed by atoms with Crippen LogP contribution in [0.25, 0.3) is 0 Å². The topological polar surface area (TPSA) is 53.1 Å². The molecule has 0 unspecified atom stereocenters. The molecule has 2 aromatic rings. The second-order valence-corrected chi connectivity index (χ2v) is 6.39. The van der Waals surface area contributed by atoms with Gasteiger partial charge in [0, 0.05) is 25.3 Å². The number of hydrogen-bond donors (Lipinski definition) is 2. The van der Waals surface area contributed by atoms with Gasteiger partial charge in [-0.05, 0) is 49.3 Å². The summed E-state index contributed by atoms with van der Waals surface area (Å²) in [5.74, 6) is 0.356. The van der Waals surface area contributed by atoms with Crippen LogP contribution in [0.3, 0.4) is 0 Å². The van der Waals surface area contributed by atoms with Crippen molar-refractivity contribution in [1.29, 1.82) is 0 Å². The van der Waals surface area contributed by atoms with E-state index in [2.05, 4.69) is 20.6 Å². The quantitative estimate of drug-likeness (QED) is 0.795. The Hall–Kier alpha value is -2.42. The number of aromatic nitrogens is 2. The third-order valence-corrected chi connectivity index (χ3v) is 4.32. The largest absolute Gasteiger partial charge is 0.433 e. The Kier molecular flexibility index (Phi) is 5.55. The average Bonchev–Trinajstić information content (AvgIpc) is 2.62. The number of alkyl halides is 3. The van der Waals surface area contributed by atoms with Gasteiger partial charge in [0.2, 0.25) is 0 Å². The predicted octanol–water partition coefficient (Wildman–Crippen LogP) is 3.45. The average molecular weight is 381 g/mol. The van der Waals surface area contributed by atoms with E-state index in [0.717, 1.165) is 24.6 Å². The fraction of sp³-hybridized carbons (Fsp3) is 0.353. The number of pyridine rings is 2. The molecule has 5 nitrogen and oxygen atoms in total. The molecule has 0 saturated carbocycles. The molecule has 1 saturated heterocycles. The van der Waals surface area contributed by atoms with Crippen LogP contribution < -0.4 is 15.5 Å². The van der Waals surface area contributed by atoms with Gasteiger partial charge in [-0.2, -0.15) is 13.2 Å². The number of anilines is 2. The monoisotopic (exact) mass is 381 g/mol. The molecule has 2 N–H and O–H groups in total. The Labute approximate surface area is 154 Å². The molecule has 1 aliphatic heterocycles. The van der Waals surface area contributed by atoms with Crippen molar-refractivity contribution >= 4 is 28.8 Å². The molecule has 0 atom stereocenters. The van der Waals surface area contributed by atoms with Crippen LogP contribution >= 0.6 is 12.2 Å². The first-order valence-corrected chi connectivity index (χ1v) is 8.59. The van der Waals surface area contributed by atoms with Crippen LogP contribution in [0, 0.1) is 0 Å². The molecule has 3 heterocycles. The van der Waals surface area contributed by atoms with E-state index in [-0.39, 0.29) is 6.04 Å². The van der Waals surface area contributed by atoms with Gasteiger partial charge in [0.25, 0.3) is 0 Å². The molecule has 26 heavy (non-hydrogen) atoms. The molecular formula is C17H18F3N5S. The number of thiocarbonyl (C=S) groups is 1. The molecule has 0 spiro atoms. The van der Waals surface area contributed by atoms with Gasteiger partial charge < -0.3 is 15.5 Å². The minimum Gasteiger partial charge on any atom is -0.360 e. The van der Waals surface area contributed by atoms with Crippen LogP contribution in [0.4, 0.5) is 24.7 Å². The zero-order valence-electron chi connectivity index (χ0n) is 13.8. The number of nitrogens with zero attached hydrogens (tertiary/aromatic N) is 3. The van der Waals surface area contributed by atoms with E-state index in [4.69, 9.17) is 12.2 Å². The summed E-state index contributed by atoms with van der Waals surface area (Å²) in [7, 11) is 0. The van der Waals surface area contributed by atoms with Crippen molar-refractivity contribution in [2.45, 2.75) is 25.1 Å². The van der Waals surface area contributed by atoms with Crippen molar-refractivity contribution in [3.8, 4) is 0 Å². The summed E-state index contributed by atoms with van der Waals surface area (Å²) in [4.78, 5) is 9.62. The molecule has 1 fully saturated rings. The maximum atomic E-state index is 12.8. The maximum absolute atomic E-state index is 12.8. The minimum atomic E-state index is -4.43. The van der Waals surface area contributed by atoms with Crippen LogP contribution in [-0.4, -0.2) is 34.2 Å². The molecular weight excluding hydrogens is 363 g/mol. The fourth-order valence-electron chi connectivity index (χ4n) is 2.80. The van der Waals surface area contributed by atoms with E-state index in [1.165, 1.54) is 6.07 Å². The molecule has 2 aromatic heterocycles. The molecule has 0 radical (unpaired) electrons. The summed E-state index contributed by atoms with van der Waals surface area (Å²) >= 11 is 5.30. The summed E-state index contributed by atoms with van der Waals surface area (Å²) in [6.45, 7) is 1.23. The van der Waals surface area contributed by atoms with Gasteiger partial charge in [0.1, 0.15) is 11.5 Å². The van der Waals surface area contributed by atoms with E-state index in [1.807, 2.05) is 17.0 Å². The van der Waals surface area contributed by atoms with Crippen molar-refractivity contribution < 1.29 is 13.2 Å². The van der Waals surface area contributed by atoms with E-state index in [9.17, 15) is 13.2 Å². The third kappa shape index (κ3) is 4.81. The van der Waals surface area contributed by atoms with Gasteiger partial charge in [0.15, 0.2) is 5.11 Å². The van der Waals surface area contributed by atoms with Crippen LogP contribution in [0.15, 0.2) is 42.7 Å². The normalized spacial score (nSPS) is 15.6. The summed E-state index contributed by atoms with van der Waals surface area (Å²) in [5, 5.41) is 6.81. The van der Waals surface area contributed by atoms with Gasteiger partial charge >= 0.3 is 6.18 Å². The van der Waals surface area contributed by atoms with Gasteiger partial charge in [0.05, 0.1) is 11.9 Å². The molecule has 3 rings (SSSR count). The van der Waals surface area contributed by atoms with E-state index >= 15 is 0 Å². The number of piperidine rings is 1. The van der Waals surface area contributed by atoms with Crippen LogP contribution in [0.2, 0.25) is 0 Å². The molecule has 0 aromatic carbocycles. The van der Waals surface area contributed by atoms with Crippen molar-refractivity contribution in [2.24, 2.45) is 0 Å². The van der Waals surface area contributed by atoms with Crippen LogP contribution in [0.5, 0.6) is 0 Å². The number of rotatable bonds is 3. The number of halogens is 3. The highest BCUT2D eigenvalue weighted by Crippen LogP contribution is 2.29. The first kappa shape index (κ1) is 18.4. The lowest BCUT2D eigenvalue weighted by Gasteiger charge is -2.33. The van der Waals surface area contributed by atoms with Crippen LogP contribution in [-0.2, 0) is 6.18 Å². The summed E-state index contributed by atoms with van der Waals surface area (Å²) in [5.41, 5.74) is -0.0623. The van der Waals surface area contributed by atoms with Gasteiger partial charge in [-0.15, -0.1) is 0 Å². The zero-order chi connectivity index (χ0) is 18.6. The van der Waals surface area contributed by atoms with Gasteiger partial charge in [-0.1, -0.05) is 6.07 Å². The van der Waals surface area contributed by atoms with Crippen molar-refractivity contribution in [1.82, 2.24) is 15.3 Å². The molecule has 0 amide bonds. The smallest absolute Gasteiger partial charge is 0.360 e. The highest BCUT2D eigenvalue weighted by Gasteiger charge is 2.33. The Morgan fingerprint density at radius 3 is 2.58 bits per heavy atom. The molecule has 9 heteroatoms. The second kappa shape index (κ2) is 7.86. The molecule has 138 valence electrons. The highest BCUT2D eigenvalue weighted by atomic mass is 32.1. The lowest BCUT2D eigenvalue weighted by atomic mass is 10.1. The maximum Gasteiger partial charge on any atom is 0.433 e. The summed E-state index contributed by atoms with van der Waals surface area (Å²) < 4.78 is 38.4. The van der Waals surface area contributed by atoms with E-state index in [1.54, 1.807) is 18.5 Å². The van der Waals surface area contributed by atoms with Crippen molar-refractivity contribution in [2.75, 3.05) is 23.3 Å². The lowest BCUT2D eigenvalue weighted by Crippen LogP contribution is -2.46. The minimum absolute atomic E-state index is 0.161. The van der Waals surface area contributed by atoms with Crippen molar-refractivity contribution in [3.63, 3.8) is 0 Å². The fourth-order valence-corrected chi connectivity index (χ4v) is 3.08. The summed E-state index contributed by atoms with van der Waals surface area (Å²) in [6, 6.07) is 7.82. The second-order valence-electron chi connectivity index (χ2n) is 5.98. The Balaban J connectivity index is 1.52. The summed E-state index contributed by atoms with van der Waals surface area (Å²) in [6.07, 6.45) is 0.439. The van der Waals surface area contributed by atoms with E-state index in [0.29, 0.717) is 24.0 Å².